The molecule has 21 heavy (non-hydrogen) atoms. The fourth-order valence-electron chi connectivity index (χ4n) is 1.72. The number of hydrogen-bond donors (Lipinski definition) is 4. The van der Waals surface area contributed by atoms with E-state index in [1.165, 1.54) is 18.2 Å². The molecule has 0 saturated carbocycles. The minimum Gasteiger partial charge on any atom is -0.505 e. The van der Waals surface area contributed by atoms with E-state index in [0.717, 1.165) is 0 Å². The zero-order valence-corrected chi connectivity index (χ0v) is 12.3. The molecule has 1 aromatic carbocycles. The molecule has 2 amide bonds. The Bertz CT molecular complexity index is 528. The van der Waals surface area contributed by atoms with Crippen LogP contribution in [0.2, 0.25) is 0 Å². The predicted octanol–water partition coefficient (Wildman–Crippen LogP) is 2.03. The topological polar surface area (TPSA) is 108 Å². The van der Waals surface area contributed by atoms with E-state index in [1.807, 2.05) is 20.8 Å². The van der Waals surface area contributed by atoms with Gasteiger partial charge in [-0.1, -0.05) is 6.07 Å². The highest BCUT2D eigenvalue weighted by Crippen LogP contribution is 2.27. The number of rotatable bonds is 6. The number of carboxylic acids is 1. The standard InChI is InChI=1S/C14H20N2O5/c1-4-21-14(2,3)8-15-13(20)16-10-7-5-6-9(11(10)17)12(18)19/h5-7,17H,4,8H2,1-3H3,(H,18,19)(H2,15,16,20). The van der Waals surface area contributed by atoms with Crippen molar-refractivity contribution in [2.24, 2.45) is 0 Å². The summed E-state index contributed by atoms with van der Waals surface area (Å²) in [4.78, 5) is 22.6. The van der Waals surface area contributed by atoms with Crippen LogP contribution in [-0.4, -0.2) is 41.0 Å². The number of carbonyl (C=O) groups excluding carboxylic acids is 1. The second-order valence-corrected chi connectivity index (χ2v) is 5.01. The molecule has 0 fully saturated rings. The van der Waals surface area contributed by atoms with Crippen LogP contribution in [0.5, 0.6) is 5.75 Å². The third-order valence-electron chi connectivity index (χ3n) is 2.72. The third kappa shape index (κ3) is 4.96. The summed E-state index contributed by atoms with van der Waals surface area (Å²) in [6, 6.07) is 3.54. The highest BCUT2D eigenvalue weighted by atomic mass is 16.5. The normalized spacial score (nSPS) is 11.0. The lowest BCUT2D eigenvalue weighted by molar-refractivity contribution is -0.00663. The second-order valence-electron chi connectivity index (χ2n) is 5.01. The van der Waals surface area contributed by atoms with E-state index in [0.29, 0.717) is 6.61 Å². The molecule has 116 valence electrons. The maximum atomic E-state index is 11.8. The summed E-state index contributed by atoms with van der Waals surface area (Å²) >= 11 is 0. The van der Waals surface area contributed by atoms with Gasteiger partial charge in [0.15, 0.2) is 5.75 Å². The molecule has 1 aromatic rings. The molecule has 0 saturated heterocycles. The summed E-state index contributed by atoms with van der Waals surface area (Å²) in [5.41, 5.74) is -0.763. The SMILES string of the molecule is CCOC(C)(C)CNC(=O)Nc1cccc(C(=O)O)c1O. The molecule has 0 aliphatic rings. The lowest BCUT2D eigenvalue weighted by Crippen LogP contribution is -2.42. The molecule has 0 heterocycles. The smallest absolute Gasteiger partial charge is 0.339 e. The predicted molar refractivity (Wildman–Crippen MR) is 77.8 cm³/mol. The number of nitrogens with one attached hydrogen (secondary N) is 2. The second kappa shape index (κ2) is 6.94. The van der Waals surface area contributed by atoms with Crippen LogP contribution < -0.4 is 10.6 Å². The number of hydrogen-bond acceptors (Lipinski definition) is 4. The Hall–Kier alpha value is -2.28. The highest BCUT2D eigenvalue weighted by molar-refractivity contribution is 5.97. The van der Waals surface area contributed by atoms with Gasteiger partial charge >= 0.3 is 12.0 Å². The monoisotopic (exact) mass is 296 g/mol. The number of carbonyl (C=O) groups is 2. The largest absolute Gasteiger partial charge is 0.505 e. The Balaban J connectivity index is 2.68. The first kappa shape index (κ1) is 16.8. The van der Waals surface area contributed by atoms with Crippen LogP contribution in [0.15, 0.2) is 18.2 Å². The number of aromatic carboxylic acids is 1. The minimum absolute atomic E-state index is 0.0293. The van der Waals surface area contributed by atoms with E-state index in [1.54, 1.807) is 0 Å². The van der Waals surface area contributed by atoms with Crippen LogP contribution in [0, 0.1) is 0 Å². The number of urea groups is 1. The van der Waals surface area contributed by atoms with E-state index in [4.69, 9.17) is 9.84 Å². The molecular weight excluding hydrogens is 276 g/mol. The quantitative estimate of drug-likeness (QED) is 0.601. The first-order chi connectivity index (χ1) is 9.76. The van der Waals surface area contributed by atoms with E-state index in [2.05, 4.69) is 10.6 Å². The maximum Gasteiger partial charge on any atom is 0.339 e. The summed E-state index contributed by atoms with van der Waals surface area (Å²) in [6.45, 7) is 6.32. The van der Waals surface area contributed by atoms with Gasteiger partial charge < -0.3 is 25.6 Å². The van der Waals surface area contributed by atoms with Crippen molar-refractivity contribution in [3.8, 4) is 5.75 Å². The summed E-state index contributed by atoms with van der Waals surface area (Å²) in [5.74, 6) is -1.75. The van der Waals surface area contributed by atoms with Crippen LogP contribution in [0.25, 0.3) is 0 Å². The molecule has 1 rings (SSSR count). The Morgan fingerprint density at radius 1 is 1.33 bits per heavy atom. The van der Waals surface area contributed by atoms with Crippen molar-refractivity contribution in [1.29, 1.82) is 0 Å². The number of phenols is 1. The van der Waals surface area contributed by atoms with Crippen LogP contribution in [0.3, 0.4) is 0 Å². The fourth-order valence-corrected chi connectivity index (χ4v) is 1.72. The third-order valence-corrected chi connectivity index (χ3v) is 2.72. The van der Waals surface area contributed by atoms with E-state index in [9.17, 15) is 14.7 Å². The highest BCUT2D eigenvalue weighted by Gasteiger charge is 2.19. The van der Waals surface area contributed by atoms with E-state index < -0.39 is 23.4 Å². The van der Waals surface area contributed by atoms with Crippen molar-refractivity contribution in [1.82, 2.24) is 5.32 Å². The van der Waals surface area contributed by atoms with Gasteiger partial charge in [0, 0.05) is 13.2 Å². The molecule has 7 nitrogen and oxygen atoms in total. The number of carboxylic acid groups (broad SMARTS) is 1. The molecule has 7 heteroatoms. The number of aromatic hydroxyl groups is 1. The van der Waals surface area contributed by atoms with Crippen molar-refractivity contribution in [3.63, 3.8) is 0 Å². The summed E-state index contributed by atoms with van der Waals surface area (Å²) in [5, 5.41) is 23.7. The van der Waals surface area contributed by atoms with E-state index in [-0.39, 0.29) is 17.8 Å². The summed E-state index contributed by atoms with van der Waals surface area (Å²) in [6.07, 6.45) is 0. The average Bonchev–Trinajstić information content (AvgIpc) is 2.38. The zero-order valence-electron chi connectivity index (χ0n) is 12.3. The van der Waals surface area contributed by atoms with Gasteiger partial charge in [-0.25, -0.2) is 9.59 Å². The Morgan fingerprint density at radius 2 is 2.00 bits per heavy atom. The fraction of sp³-hybridized carbons (Fsp3) is 0.429. The van der Waals surface area contributed by atoms with Crippen molar-refractivity contribution in [3.05, 3.63) is 23.8 Å². The molecule has 0 aliphatic heterocycles. The van der Waals surface area contributed by atoms with Gasteiger partial charge in [-0.2, -0.15) is 0 Å². The number of amides is 2. The molecule has 0 aromatic heterocycles. The minimum atomic E-state index is -1.27. The Morgan fingerprint density at radius 3 is 2.57 bits per heavy atom. The maximum absolute atomic E-state index is 11.8. The van der Waals surface area contributed by atoms with Crippen LogP contribution in [0.4, 0.5) is 10.5 Å². The summed E-state index contributed by atoms with van der Waals surface area (Å²) in [7, 11) is 0. The van der Waals surface area contributed by atoms with Crippen LogP contribution in [-0.2, 0) is 4.74 Å². The van der Waals surface area contributed by atoms with Gasteiger partial charge in [0.1, 0.15) is 5.56 Å². The molecule has 0 bridgehead atoms. The van der Waals surface area contributed by atoms with Crippen LogP contribution in [0.1, 0.15) is 31.1 Å². The van der Waals surface area contributed by atoms with Crippen molar-refractivity contribution < 1.29 is 24.5 Å². The number of para-hydroxylation sites is 1. The molecule has 4 N–H and O–H groups in total. The summed E-state index contributed by atoms with van der Waals surface area (Å²) < 4.78 is 5.43. The lowest BCUT2D eigenvalue weighted by Gasteiger charge is -2.25. The van der Waals surface area contributed by atoms with Crippen LogP contribution >= 0.6 is 0 Å². The van der Waals surface area contributed by atoms with Gasteiger partial charge in [-0.3, -0.25) is 0 Å². The zero-order chi connectivity index (χ0) is 16.0. The Labute approximate surface area is 122 Å². The van der Waals surface area contributed by atoms with Gasteiger partial charge in [-0.05, 0) is 32.9 Å². The van der Waals surface area contributed by atoms with Gasteiger partial charge in [-0.15, -0.1) is 0 Å². The molecule has 0 spiro atoms. The number of ether oxygens (including phenoxy) is 1. The first-order valence-electron chi connectivity index (χ1n) is 6.51. The van der Waals surface area contributed by atoms with Crippen molar-refractivity contribution in [2.45, 2.75) is 26.4 Å². The molecule has 0 radical (unpaired) electrons. The molecule has 0 atom stereocenters. The van der Waals surface area contributed by atoms with E-state index >= 15 is 0 Å². The number of anilines is 1. The van der Waals surface area contributed by atoms with Crippen molar-refractivity contribution >= 4 is 17.7 Å². The van der Waals surface area contributed by atoms with Gasteiger partial charge in [0.25, 0.3) is 0 Å². The first-order valence-corrected chi connectivity index (χ1v) is 6.51. The molecule has 0 aliphatic carbocycles. The lowest BCUT2D eigenvalue weighted by atomic mass is 10.1. The van der Waals surface area contributed by atoms with Gasteiger partial charge in [0.05, 0.1) is 11.3 Å². The molecule has 0 unspecified atom stereocenters. The van der Waals surface area contributed by atoms with Crippen molar-refractivity contribution in [2.75, 3.05) is 18.5 Å². The average molecular weight is 296 g/mol. The number of benzene rings is 1. The molecular formula is C14H20N2O5. The Kier molecular flexibility index (Phi) is 5.54. The van der Waals surface area contributed by atoms with Gasteiger partial charge in [0.2, 0.25) is 0 Å².